The molecular weight excluding hydrogens is 310 g/mol. The number of benzene rings is 2. The molecule has 0 aromatic heterocycles. The lowest BCUT2D eigenvalue weighted by atomic mass is 9.91. The van der Waals surface area contributed by atoms with Gasteiger partial charge in [-0.1, -0.05) is 42.0 Å². The Kier molecular flexibility index (Phi) is 5.42. The molecule has 3 heteroatoms. The lowest BCUT2D eigenvalue weighted by molar-refractivity contribution is -0.137. The van der Waals surface area contributed by atoms with Gasteiger partial charge in [-0.3, -0.25) is 4.79 Å². The van der Waals surface area contributed by atoms with Crippen molar-refractivity contribution in [2.45, 2.75) is 52.2 Å². The van der Waals surface area contributed by atoms with E-state index >= 15 is 0 Å². The molecule has 3 rings (SSSR count). The van der Waals surface area contributed by atoms with Crippen LogP contribution in [0.3, 0.4) is 0 Å². The third-order valence-corrected chi connectivity index (χ3v) is 4.92. The minimum absolute atomic E-state index is 0.00832. The molecule has 0 heterocycles. The number of hydrogen-bond donors (Lipinski definition) is 0. The highest BCUT2D eigenvalue weighted by molar-refractivity contribution is 5.80. The summed E-state index contributed by atoms with van der Waals surface area (Å²) < 4.78 is 6.06. The average Bonchev–Trinajstić information content (AvgIpc) is 2.63. The molecule has 0 unspecified atom stereocenters. The van der Waals surface area contributed by atoms with Crippen molar-refractivity contribution in [3.63, 3.8) is 0 Å². The summed E-state index contributed by atoms with van der Waals surface area (Å²) in [6, 6.07) is 14.5. The van der Waals surface area contributed by atoms with Crippen molar-refractivity contribution < 1.29 is 9.53 Å². The fourth-order valence-corrected chi connectivity index (χ4v) is 3.45. The molecule has 3 nitrogen and oxygen atoms in total. The van der Waals surface area contributed by atoms with Gasteiger partial charge in [-0.25, -0.2) is 0 Å². The molecule has 132 valence electrons. The quantitative estimate of drug-likeness (QED) is 0.814. The van der Waals surface area contributed by atoms with E-state index in [4.69, 9.17) is 4.74 Å². The number of amides is 1. The number of nitrogens with zero attached hydrogens (tertiary/aromatic N) is 1. The molecule has 2 aromatic carbocycles. The van der Waals surface area contributed by atoms with Crippen molar-refractivity contribution in [3.05, 3.63) is 64.7 Å². The maximum atomic E-state index is 12.7. The highest BCUT2D eigenvalue weighted by Gasteiger charge is 2.22. The van der Waals surface area contributed by atoms with Crippen LogP contribution in [-0.2, 0) is 24.2 Å². The minimum atomic E-state index is -0.483. The first-order valence-corrected chi connectivity index (χ1v) is 9.12. The Balaban J connectivity index is 1.65. The number of hydrogen-bond acceptors (Lipinski definition) is 2. The Hall–Kier alpha value is -2.29. The zero-order valence-electron chi connectivity index (χ0n) is 15.4. The number of carbonyl (C=O) groups excluding carboxylic acids is 1. The van der Waals surface area contributed by atoms with Crippen molar-refractivity contribution in [1.29, 1.82) is 0 Å². The summed E-state index contributed by atoms with van der Waals surface area (Å²) in [7, 11) is 1.84. The zero-order chi connectivity index (χ0) is 17.8. The Morgan fingerprint density at radius 2 is 1.84 bits per heavy atom. The van der Waals surface area contributed by atoms with Crippen molar-refractivity contribution in [3.8, 4) is 5.75 Å². The normalized spacial score (nSPS) is 14.5. The van der Waals surface area contributed by atoms with Gasteiger partial charge in [0.2, 0.25) is 0 Å². The van der Waals surface area contributed by atoms with Gasteiger partial charge in [-0.05, 0) is 62.3 Å². The molecule has 2 aromatic rings. The van der Waals surface area contributed by atoms with E-state index in [1.54, 1.807) is 4.90 Å². The minimum Gasteiger partial charge on any atom is -0.481 e. The van der Waals surface area contributed by atoms with Gasteiger partial charge >= 0.3 is 0 Å². The van der Waals surface area contributed by atoms with Crippen LogP contribution >= 0.6 is 0 Å². The van der Waals surface area contributed by atoms with E-state index in [1.807, 2.05) is 26.1 Å². The van der Waals surface area contributed by atoms with Crippen LogP contribution in [0, 0.1) is 6.92 Å². The molecule has 25 heavy (non-hydrogen) atoms. The summed E-state index contributed by atoms with van der Waals surface area (Å²) in [5.74, 6) is 0.885. The second-order valence-electron chi connectivity index (χ2n) is 7.04. The van der Waals surface area contributed by atoms with Gasteiger partial charge in [0.15, 0.2) is 6.10 Å². The van der Waals surface area contributed by atoms with Crippen LogP contribution in [0.25, 0.3) is 0 Å². The lowest BCUT2D eigenvalue weighted by Crippen LogP contribution is -2.37. The maximum absolute atomic E-state index is 12.7. The van der Waals surface area contributed by atoms with E-state index in [9.17, 15) is 4.79 Å². The van der Waals surface area contributed by atoms with Gasteiger partial charge in [0.25, 0.3) is 5.91 Å². The topological polar surface area (TPSA) is 29.5 Å². The number of fused-ring (bicyclic) bond motifs is 1. The molecule has 0 N–H and O–H groups in total. The summed E-state index contributed by atoms with van der Waals surface area (Å²) >= 11 is 0. The first-order valence-electron chi connectivity index (χ1n) is 9.12. The largest absolute Gasteiger partial charge is 0.481 e. The van der Waals surface area contributed by atoms with Crippen LogP contribution in [0.5, 0.6) is 5.75 Å². The predicted octanol–water partition coefficient (Wildman–Crippen LogP) is 4.30. The molecule has 0 saturated carbocycles. The summed E-state index contributed by atoms with van der Waals surface area (Å²) in [4.78, 5) is 14.4. The number of likely N-dealkylation sites (N-methyl/N-ethyl adjacent to an activating group) is 1. The smallest absolute Gasteiger partial charge is 0.263 e. The van der Waals surface area contributed by atoms with Crippen LogP contribution in [0.4, 0.5) is 0 Å². The van der Waals surface area contributed by atoms with Crippen LogP contribution in [0.2, 0.25) is 0 Å². The molecule has 0 fully saturated rings. The van der Waals surface area contributed by atoms with Crippen molar-refractivity contribution in [2.75, 3.05) is 7.05 Å². The van der Waals surface area contributed by atoms with Crippen LogP contribution < -0.4 is 4.74 Å². The second-order valence-corrected chi connectivity index (χ2v) is 7.04. The Morgan fingerprint density at radius 3 is 2.60 bits per heavy atom. The van der Waals surface area contributed by atoms with Crippen molar-refractivity contribution >= 4 is 5.91 Å². The molecule has 1 aliphatic carbocycles. The summed E-state index contributed by atoms with van der Waals surface area (Å²) in [6.07, 6.45) is 4.12. The highest BCUT2D eigenvalue weighted by Crippen LogP contribution is 2.30. The van der Waals surface area contributed by atoms with Crippen molar-refractivity contribution in [2.24, 2.45) is 0 Å². The number of rotatable bonds is 5. The third kappa shape index (κ3) is 4.22. The lowest BCUT2D eigenvalue weighted by Gasteiger charge is -2.25. The van der Waals surface area contributed by atoms with Crippen LogP contribution in [0.1, 0.15) is 42.0 Å². The van der Waals surface area contributed by atoms with Crippen LogP contribution in [-0.4, -0.2) is 24.0 Å². The molecule has 1 amide bonds. The summed E-state index contributed by atoms with van der Waals surface area (Å²) in [5.41, 5.74) is 5.01. The highest BCUT2D eigenvalue weighted by atomic mass is 16.5. The third-order valence-electron chi connectivity index (χ3n) is 4.92. The SMILES string of the molecule is Cc1ccc(CN(C)C(=O)[C@@H](C)Oc2cccc3c2CCCC3)cc1. The Labute approximate surface area is 150 Å². The number of aryl methyl sites for hydroxylation is 2. The molecule has 0 radical (unpaired) electrons. The fraction of sp³-hybridized carbons (Fsp3) is 0.409. The predicted molar refractivity (Wildman–Crippen MR) is 101 cm³/mol. The molecular formula is C22H27NO2. The van der Waals surface area contributed by atoms with E-state index in [-0.39, 0.29) is 5.91 Å². The van der Waals surface area contributed by atoms with E-state index in [0.717, 1.165) is 24.2 Å². The number of ether oxygens (including phenoxy) is 1. The van der Waals surface area contributed by atoms with Gasteiger partial charge in [0, 0.05) is 13.6 Å². The van der Waals surface area contributed by atoms with Crippen LogP contribution in [0.15, 0.2) is 42.5 Å². The van der Waals surface area contributed by atoms with Gasteiger partial charge in [-0.15, -0.1) is 0 Å². The molecule has 0 spiro atoms. The molecule has 0 saturated heterocycles. The first-order chi connectivity index (χ1) is 12.0. The molecule has 1 aliphatic rings. The van der Waals surface area contributed by atoms with E-state index in [0.29, 0.717) is 6.54 Å². The molecule has 0 bridgehead atoms. The molecule has 1 atom stereocenters. The van der Waals surface area contributed by atoms with E-state index < -0.39 is 6.10 Å². The summed E-state index contributed by atoms with van der Waals surface area (Å²) in [5, 5.41) is 0. The maximum Gasteiger partial charge on any atom is 0.263 e. The standard InChI is InChI=1S/C22H27NO2/c1-16-11-13-18(14-12-16)15-23(3)22(24)17(2)25-21-10-6-8-19-7-4-5-9-20(19)21/h6,8,10-14,17H,4-5,7,9,15H2,1-3H3/t17-/m1/s1. The van der Waals surface area contributed by atoms with Gasteiger partial charge in [0.1, 0.15) is 5.75 Å². The van der Waals surface area contributed by atoms with Gasteiger partial charge < -0.3 is 9.64 Å². The first kappa shape index (κ1) is 17.5. The van der Waals surface area contributed by atoms with Gasteiger partial charge in [0.05, 0.1) is 0 Å². The van der Waals surface area contributed by atoms with Crippen molar-refractivity contribution in [1.82, 2.24) is 4.90 Å². The Bertz CT molecular complexity index is 736. The van der Waals surface area contributed by atoms with Gasteiger partial charge in [-0.2, -0.15) is 0 Å². The summed E-state index contributed by atoms with van der Waals surface area (Å²) in [6.45, 7) is 4.50. The monoisotopic (exact) mass is 337 g/mol. The fourth-order valence-electron chi connectivity index (χ4n) is 3.45. The molecule has 0 aliphatic heterocycles. The average molecular weight is 337 g/mol. The van der Waals surface area contributed by atoms with E-state index in [1.165, 1.54) is 29.5 Å². The number of carbonyl (C=O) groups is 1. The van der Waals surface area contributed by atoms with E-state index in [2.05, 4.69) is 37.3 Å². The second kappa shape index (κ2) is 7.73. The zero-order valence-corrected chi connectivity index (χ0v) is 15.4. The Morgan fingerprint density at radius 1 is 1.12 bits per heavy atom.